The highest BCUT2D eigenvalue weighted by molar-refractivity contribution is 6.00. The zero-order valence-electron chi connectivity index (χ0n) is 17.4. The van der Waals surface area contributed by atoms with Gasteiger partial charge >= 0.3 is 11.9 Å². The molecular formula is C21H26N2O6. The average molecular weight is 402 g/mol. The van der Waals surface area contributed by atoms with Crippen LogP contribution < -0.4 is 10.1 Å². The van der Waals surface area contributed by atoms with Gasteiger partial charge in [-0.2, -0.15) is 0 Å². The molecule has 0 bridgehead atoms. The highest BCUT2D eigenvalue weighted by Gasteiger charge is 2.27. The van der Waals surface area contributed by atoms with Gasteiger partial charge in [0.05, 0.1) is 18.8 Å². The third-order valence-electron chi connectivity index (χ3n) is 4.18. The van der Waals surface area contributed by atoms with E-state index >= 15 is 0 Å². The molecule has 0 unspecified atom stereocenters. The molecule has 8 nitrogen and oxygen atoms in total. The van der Waals surface area contributed by atoms with Gasteiger partial charge in [-0.25, -0.2) is 9.59 Å². The number of hydrogen-bond acceptors (Lipinski definition) is 6. The number of benzene rings is 1. The van der Waals surface area contributed by atoms with Gasteiger partial charge in [0.25, 0.3) is 5.91 Å². The van der Waals surface area contributed by atoms with Crippen LogP contribution in [0, 0.1) is 13.8 Å². The molecule has 0 spiro atoms. The number of H-pyrrole nitrogens is 1. The average Bonchev–Trinajstić information content (AvgIpc) is 2.95. The maximum absolute atomic E-state index is 12.5. The third-order valence-corrected chi connectivity index (χ3v) is 4.18. The Morgan fingerprint density at radius 2 is 1.72 bits per heavy atom. The van der Waals surface area contributed by atoms with Gasteiger partial charge in [0.15, 0.2) is 6.10 Å². The summed E-state index contributed by atoms with van der Waals surface area (Å²) in [5.41, 5.74) is 1.83. The van der Waals surface area contributed by atoms with E-state index in [0.717, 1.165) is 0 Å². The highest BCUT2D eigenvalue weighted by atomic mass is 16.6. The van der Waals surface area contributed by atoms with Gasteiger partial charge in [0, 0.05) is 17.4 Å². The molecule has 29 heavy (non-hydrogen) atoms. The summed E-state index contributed by atoms with van der Waals surface area (Å²) in [5, 5.41) is 2.66. The van der Waals surface area contributed by atoms with Gasteiger partial charge in [0.1, 0.15) is 11.4 Å². The Hall–Kier alpha value is -3.29. The summed E-state index contributed by atoms with van der Waals surface area (Å²) in [4.78, 5) is 40.0. The Kier molecular flexibility index (Phi) is 7.03. The summed E-state index contributed by atoms with van der Waals surface area (Å²) < 4.78 is 15.6. The lowest BCUT2D eigenvalue weighted by molar-refractivity contribution is -0.123. The summed E-state index contributed by atoms with van der Waals surface area (Å²) in [6, 6.07) is 6.82. The van der Waals surface area contributed by atoms with Gasteiger partial charge in [-0.1, -0.05) is 6.07 Å². The summed E-state index contributed by atoms with van der Waals surface area (Å²) >= 11 is 0. The molecule has 0 saturated carbocycles. The highest BCUT2D eigenvalue weighted by Crippen LogP contribution is 2.21. The lowest BCUT2D eigenvalue weighted by atomic mass is 10.1. The molecule has 8 heteroatoms. The molecule has 0 fully saturated rings. The molecule has 0 saturated heterocycles. The van der Waals surface area contributed by atoms with E-state index in [1.54, 1.807) is 52.0 Å². The molecule has 0 aliphatic heterocycles. The van der Waals surface area contributed by atoms with E-state index in [1.807, 2.05) is 0 Å². The number of nitrogens with one attached hydrogen (secondary N) is 2. The minimum Gasteiger partial charge on any atom is -0.497 e. The second-order valence-corrected chi connectivity index (χ2v) is 6.85. The summed E-state index contributed by atoms with van der Waals surface area (Å²) in [6.07, 6.45) is -1.34. The zero-order chi connectivity index (χ0) is 21.7. The van der Waals surface area contributed by atoms with E-state index in [0.29, 0.717) is 28.3 Å². The third kappa shape index (κ3) is 5.37. The smallest absolute Gasteiger partial charge is 0.355 e. The number of carbonyl (C=O) groups excluding carboxylic acids is 3. The van der Waals surface area contributed by atoms with Crippen molar-refractivity contribution in [2.24, 2.45) is 0 Å². The number of amides is 1. The lowest BCUT2D eigenvalue weighted by Gasteiger charge is -2.14. The van der Waals surface area contributed by atoms with E-state index < -0.39 is 23.9 Å². The summed E-state index contributed by atoms with van der Waals surface area (Å²) in [7, 11) is 1.53. The molecular weight excluding hydrogens is 376 g/mol. The molecule has 1 heterocycles. The van der Waals surface area contributed by atoms with Crippen molar-refractivity contribution >= 4 is 23.5 Å². The Morgan fingerprint density at radius 1 is 1.03 bits per heavy atom. The Morgan fingerprint density at radius 3 is 2.34 bits per heavy atom. The quantitative estimate of drug-likeness (QED) is 0.688. The van der Waals surface area contributed by atoms with Crippen LogP contribution in [0.5, 0.6) is 5.75 Å². The number of rotatable bonds is 7. The molecule has 0 aliphatic rings. The lowest BCUT2D eigenvalue weighted by Crippen LogP contribution is -2.30. The van der Waals surface area contributed by atoms with Crippen molar-refractivity contribution in [3.63, 3.8) is 0 Å². The minimum atomic E-state index is -1.05. The van der Waals surface area contributed by atoms with Crippen molar-refractivity contribution in [3.8, 4) is 5.75 Å². The van der Waals surface area contributed by atoms with E-state index in [4.69, 9.17) is 14.2 Å². The van der Waals surface area contributed by atoms with Crippen molar-refractivity contribution in [2.45, 2.75) is 46.8 Å². The number of carbonyl (C=O) groups is 3. The van der Waals surface area contributed by atoms with Gasteiger partial charge in [-0.15, -0.1) is 0 Å². The van der Waals surface area contributed by atoms with Crippen LogP contribution >= 0.6 is 0 Å². The second kappa shape index (κ2) is 9.27. The van der Waals surface area contributed by atoms with E-state index in [-0.39, 0.29) is 11.8 Å². The van der Waals surface area contributed by atoms with E-state index in [9.17, 15) is 14.4 Å². The van der Waals surface area contributed by atoms with Crippen molar-refractivity contribution in [3.05, 3.63) is 46.8 Å². The topological polar surface area (TPSA) is 107 Å². The fourth-order valence-corrected chi connectivity index (χ4v) is 2.75. The predicted molar refractivity (Wildman–Crippen MR) is 107 cm³/mol. The van der Waals surface area contributed by atoms with Crippen LogP contribution in [0.15, 0.2) is 24.3 Å². The van der Waals surface area contributed by atoms with Gasteiger partial charge in [0.2, 0.25) is 0 Å². The van der Waals surface area contributed by atoms with Gasteiger partial charge in [-0.05, 0) is 52.3 Å². The van der Waals surface area contributed by atoms with E-state index in [2.05, 4.69) is 10.3 Å². The fourth-order valence-electron chi connectivity index (χ4n) is 2.75. The fraction of sp³-hybridized carbons (Fsp3) is 0.381. The predicted octanol–water partition coefficient (Wildman–Crippen LogP) is 3.39. The van der Waals surface area contributed by atoms with Crippen molar-refractivity contribution in [1.82, 2.24) is 4.98 Å². The maximum Gasteiger partial charge on any atom is 0.355 e. The van der Waals surface area contributed by atoms with Crippen LogP contribution in [0.2, 0.25) is 0 Å². The first-order valence-corrected chi connectivity index (χ1v) is 9.20. The largest absolute Gasteiger partial charge is 0.497 e. The molecule has 1 aromatic heterocycles. The summed E-state index contributed by atoms with van der Waals surface area (Å²) in [5.74, 6) is -1.16. The first kappa shape index (κ1) is 22.0. The number of aromatic nitrogens is 1. The molecule has 2 N–H and O–H groups in total. The van der Waals surface area contributed by atoms with Crippen molar-refractivity contribution in [2.75, 3.05) is 12.4 Å². The number of aryl methyl sites for hydroxylation is 1. The number of anilines is 1. The Balaban J connectivity index is 2.09. The number of esters is 2. The Bertz CT molecular complexity index is 916. The zero-order valence-corrected chi connectivity index (χ0v) is 17.4. The molecule has 1 atom stereocenters. The van der Waals surface area contributed by atoms with Crippen LogP contribution in [-0.2, 0) is 14.3 Å². The second-order valence-electron chi connectivity index (χ2n) is 6.85. The van der Waals surface area contributed by atoms with Gasteiger partial charge < -0.3 is 24.5 Å². The van der Waals surface area contributed by atoms with Crippen molar-refractivity contribution in [1.29, 1.82) is 0 Å². The van der Waals surface area contributed by atoms with Crippen LogP contribution in [0.1, 0.15) is 52.9 Å². The molecule has 2 aromatic rings. The number of ether oxygens (including phenoxy) is 3. The van der Waals surface area contributed by atoms with Crippen molar-refractivity contribution < 1.29 is 28.6 Å². The standard InChI is InChI=1S/C21H26N2O6/c1-11(2)28-20(25)17-12(3)18(22-13(17)4)21(26)29-14(5)19(24)23-15-8-7-9-16(10-15)27-6/h7-11,14,22H,1-6H3,(H,23,24)/t14-/m0/s1. The molecule has 2 rings (SSSR count). The van der Waals surface area contributed by atoms with E-state index in [1.165, 1.54) is 14.0 Å². The number of hydrogen-bond donors (Lipinski definition) is 2. The maximum atomic E-state index is 12.5. The summed E-state index contributed by atoms with van der Waals surface area (Å²) in [6.45, 7) is 8.24. The van der Waals surface area contributed by atoms with Crippen LogP contribution in [0.25, 0.3) is 0 Å². The first-order chi connectivity index (χ1) is 13.6. The molecule has 0 radical (unpaired) electrons. The van der Waals surface area contributed by atoms with Crippen LogP contribution in [0.4, 0.5) is 5.69 Å². The first-order valence-electron chi connectivity index (χ1n) is 9.20. The van der Waals surface area contributed by atoms with Crippen LogP contribution in [0.3, 0.4) is 0 Å². The SMILES string of the molecule is COc1cccc(NC(=O)[C@H](C)OC(=O)c2[nH]c(C)c(C(=O)OC(C)C)c2C)c1. The molecule has 0 aliphatic carbocycles. The number of methoxy groups -OCH3 is 1. The normalized spacial score (nSPS) is 11.7. The minimum absolute atomic E-state index is 0.110. The molecule has 156 valence electrons. The Labute approximate surface area is 169 Å². The monoisotopic (exact) mass is 402 g/mol. The molecule has 1 aromatic carbocycles. The number of aromatic amines is 1. The molecule has 1 amide bonds. The van der Waals surface area contributed by atoms with Gasteiger partial charge in [-0.3, -0.25) is 4.79 Å². The van der Waals surface area contributed by atoms with Crippen LogP contribution in [-0.4, -0.2) is 42.1 Å².